The number of halogens is 1. The quantitative estimate of drug-likeness (QED) is 0.859. The van der Waals surface area contributed by atoms with Crippen LogP contribution in [0, 0.1) is 5.82 Å². The summed E-state index contributed by atoms with van der Waals surface area (Å²) < 4.78 is 13.7. The van der Waals surface area contributed by atoms with E-state index in [1.807, 2.05) is 17.5 Å². The number of nitrogens with one attached hydrogen (secondary N) is 1. The number of hydrogen-bond donors (Lipinski definition) is 2. The fourth-order valence-electron chi connectivity index (χ4n) is 1.95. The van der Waals surface area contributed by atoms with Crippen LogP contribution in [0.25, 0.3) is 0 Å². The van der Waals surface area contributed by atoms with Gasteiger partial charge in [0, 0.05) is 17.8 Å². The van der Waals surface area contributed by atoms with Gasteiger partial charge >= 0.3 is 0 Å². The molecule has 1 aromatic carbocycles. The minimum absolute atomic E-state index is 0.223. The van der Waals surface area contributed by atoms with Crippen molar-refractivity contribution in [2.75, 3.05) is 0 Å². The molecule has 1 amide bonds. The lowest BCUT2D eigenvalue weighted by Gasteiger charge is -2.27. The fourth-order valence-corrected chi connectivity index (χ4v) is 2.60. The Morgan fingerprint density at radius 1 is 1.35 bits per heavy atom. The Labute approximate surface area is 121 Å². The van der Waals surface area contributed by atoms with Crippen LogP contribution in [0.4, 0.5) is 4.39 Å². The maximum absolute atomic E-state index is 13.7. The zero-order valence-electron chi connectivity index (χ0n) is 11.2. The molecule has 0 aliphatic rings. The molecule has 0 fully saturated rings. The first-order valence-electron chi connectivity index (χ1n) is 6.32. The number of amides is 1. The van der Waals surface area contributed by atoms with Gasteiger partial charge in [-0.3, -0.25) is 10.1 Å². The first-order chi connectivity index (χ1) is 9.51. The lowest BCUT2D eigenvalue weighted by molar-refractivity contribution is -0.123. The second-order valence-electron chi connectivity index (χ2n) is 4.90. The third kappa shape index (κ3) is 3.43. The smallest absolute Gasteiger partial charge is 0.237 e. The van der Waals surface area contributed by atoms with Crippen LogP contribution in [0.5, 0.6) is 0 Å². The standard InChI is InChI=1S/C15H17FN2OS/c1-15(14(17)19,18-10-12-6-4-8-20-12)9-11-5-2-3-7-13(11)16/h2-8,18H,9-10H2,1H3,(H2,17,19). The van der Waals surface area contributed by atoms with Gasteiger partial charge in [-0.05, 0) is 30.0 Å². The van der Waals surface area contributed by atoms with Crippen molar-refractivity contribution < 1.29 is 9.18 Å². The number of primary amides is 1. The van der Waals surface area contributed by atoms with Gasteiger partial charge in [-0.25, -0.2) is 4.39 Å². The van der Waals surface area contributed by atoms with Crippen LogP contribution in [-0.4, -0.2) is 11.4 Å². The molecule has 0 spiro atoms. The lowest BCUT2D eigenvalue weighted by atomic mass is 9.91. The summed E-state index contributed by atoms with van der Waals surface area (Å²) in [6.07, 6.45) is 0.223. The largest absolute Gasteiger partial charge is 0.368 e. The van der Waals surface area contributed by atoms with Crippen molar-refractivity contribution in [3.8, 4) is 0 Å². The van der Waals surface area contributed by atoms with Crippen molar-refractivity contribution in [1.29, 1.82) is 0 Å². The van der Waals surface area contributed by atoms with E-state index < -0.39 is 11.4 Å². The summed E-state index contributed by atoms with van der Waals surface area (Å²) in [5.41, 5.74) is 4.99. The molecule has 1 heterocycles. The van der Waals surface area contributed by atoms with Crippen molar-refractivity contribution in [1.82, 2.24) is 5.32 Å². The molecule has 20 heavy (non-hydrogen) atoms. The molecular weight excluding hydrogens is 275 g/mol. The summed E-state index contributed by atoms with van der Waals surface area (Å²) in [6, 6.07) is 10.3. The maximum atomic E-state index is 13.7. The zero-order valence-corrected chi connectivity index (χ0v) is 12.0. The Hall–Kier alpha value is -1.72. The molecule has 0 aliphatic carbocycles. The van der Waals surface area contributed by atoms with Crippen LogP contribution < -0.4 is 11.1 Å². The van der Waals surface area contributed by atoms with E-state index in [1.165, 1.54) is 6.07 Å². The van der Waals surface area contributed by atoms with Crippen molar-refractivity contribution in [3.63, 3.8) is 0 Å². The molecule has 2 aromatic rings. The highest BCUT2D eigenvalue weighted by atomic mass is 32.1. The minimum atomic E-state index is -0.980. The average Bonchev–Trinajstić information content (AvgIpc) is 2.92. The summed E-state index contributed by atoms with van der Waals surface area (Å²) in [4.78, 5) is 12.8. The van der Waals surface area contributed by atoms with Crippen molar-refractivity contribution in [3.05, 3.63) is 58.0 Å². The number of carbonyl (C=O) groups is 1. The van der Waals surface area contributed by atoms with Gasteiger partial charge in [0.05, 0.1) is 5.54 Å². The predicted molar refractivity (Wildman–Crippen MR) is 78.9 cm³/mol. The van der Waals surface area contributed by atoms with Crippen molar-refractivity contribution in [2.24, 2.45) is 5.73 Å². The fraction of sp³-hybridized carbons (Fsp3) is 0.267. The second-order valence-corrected chi connectivity index (χ2v) is 5.93. The molecule has 0 saturated heterocycles. The molecule has 1 aromatic heterocycles. The van der Waals surface area contributed by atoms with Crippen LogP contribution in [0.1, 0.15) is 17.4 Å². The van der Waals surface area contributed by atoms with Gasteiger partial charge in [-0.2, -0.15) is 0 Å². The van der Waals surface area contributed by atoms with Gasteiger partial charge in [0.1, 0.15) is 5.82 Å². The molecule has 106 valence electrons. The number of hydrogen-bond acceptors (Lipinski definition) is 3. The number of carbonyl (C=O) groups excluding carboxylic acids is 1. The molecule has 3 N–H and O–H groups in total. The van der Waals surface area contributed by atoms with E-state index >= 15 is 0 Å². The molecule has 0 aliphatic heterocycles. The Bertz CT molecular complexity index is 585. The van der Waals surface area contributed by atoms with Gasteiger partial charge in [-0.1, -0.05) is 24.3 Å². The highest BCUT2D eigenvalue weighted by molar-refractivity contribution is 7.09. The van der Waals surface area contributed by atoms with Gasteiger partial charge < -0.3 is 5.73 Å². The minimum Gasteiger partial charge on any atom is -0.368 e. The van der Waals surface area contributed by atoms with Crippen LogP contribution >= 0.6 is 11.3 Å². The van der Waals surface area contributed by atoms with Gasteiger partial charge in [0.2, 0.25) is 5.91 Å². The third-order valence-corrected chi connectivity index (χ3v) is 4.15. The summed E-state index contributed by atoms with van der Waals surface area (Å²) in [5.74, 6) is -0.810. The van der Waals surface area contributed by atoms with Gasteiger partial charge in [0.25, 0.3) is 0 Å². The van der Waals surface area contributed by atoms with Crippen LogP contribution in [0.3, 0.4) is 0 Å². The van der Waals surface area contributed by atoms with Crippen molar-refractivity contribution in [2.45, 2.75) is 25.4 Å². The first kappa shape index (κ1) is 14.7. The third-order valence-electron chi connectivity index (χ3n) is 3.28. The molecular formula is C15H17FN2OS. The van der Waals surface area contributed by atoms with Crippen LogP contribution in [0.2, 0.25) is 0 Å². The normalized spacial score (nSPS) is 13.9. The number of rotatable bonds is 6. The molecule has 0 saturated carbocycles. The Morgan fingerprint density at radius 3 is 2.70 bits per heavy atom. The van der Waals surface area contributed by atoms with Crippen molar-refractivity contribution >= 4 is 17.2 Å². The Kier molecular flexibility index (Phi) is 4.52. The highest BCUT2D eigenvalue weighted by Gasteiger charge is 2.31. The summed E-state index contributed by atoms with van der Waals surface area (Å²) in [5, 5.41) is 5.11. The van der Waals surface area contributed by atoms with Gasteiger partial charge in [-0.15, -0.1) is 11.3 Å². The van der Waals surface area contributed by atoms with E-state index in [0.717, 1.165) is 4.88 Å². The van der Waals surface area contributed by atoms with Gasteiger partial charge in [0.15, 0.2) is 0 Å². The van der Waals surface area contributed by atoms with E-state index in [0.29, 0.717) is 12.1 Å². The lowest BCUT2D eigenvalue weighted by Crippen LogP contribution is -2.54. The summed E-state index contributed by atoms with van der Waals surface area (Å²) >= 11 is 1.60. The van der Waals surface area contributed by atoms with E-state index in [2.05, 4.69) is 5.32 Å². The molecule has 0 radical (unpaired) electrons. The molecule has 3 nitrogen and oxygen atoms in total. The summed E-state index contributed by atoms with van der Waals surface area (Å²) in [7, 11) is 0. The number of nitrogens with two attached hydrogens (primary N) is 1. The molecule has 1 unspecified atom stereocenters. The van der Waals surface area contributed by atoms with Crippen LogP contribution in [0.15, 0.2) is 41.8 Å². The highest BCUT2D eigenvalue weighted by Crippen LogP contribution is 2.18. The average molecular weight is 292 g/mol. The topological polar surface area (TPSA) is 55.1 Å². The Morgan fingerprint density at radius 2 is 2.10 bits per heavy atom. The molecule has 5 heteroatoms. The van der Waals surface area contributed by atoms with E-state index in [1.54, 1.807) is 36.5 Å². The second kappa shape index (κ2) is 6.15. The number of thiophene rings is 1. The summed E-state index contributed by atoms with van der Waals surface area (Å²) in [6.45, 7) is 2.24. The SMILES string of the molecule is CC(Cc1ccccc1F)(NCc1cccs1)C(N)=O. The zero-order chi connectivity index (χ0) is 14.6. The molecule has 1 atom stereocenters. The Balaban J connectivity index is 2.13. The maximum Gasteiger partial charge on any atom is 0.237 e. The predicted octanol–water partition coefficient (Wildman–Crippen LogP) is 2.46. The molecule has 2 rings (SSSR count). The number of benzene rings is 1. The molecule has 0 bridgehead atoms. The van der Waals surface area contributed by atoms with E-state index in [4.69, 9.17) is 5.73 Å². The first-order valence-corrected chi connectivity index (χ1v) is 7.20. The van der Waals surface area contributed by atoms with E-state index in [-0.39, 0.29) is 12.2 Å². The van der Waals surface area contributed by atoms with E-state index in [9.17, 15) is 9.18 Å². The monoisotopic (exact) mass is 292 g/mol. The van der Waals surface area contributed by atoms with Crippen LogP contribution in [-0.2, 0) is 17.8 Å².